The highest BCUT2D eigenvalue weighted by atomic mass is 16.5. The first-order valence-electron chi connectivity index (χ1n) is 5.23. The van der Waals surface area contributed by atoms with Gasteiger partial charge in [-0.1, -0.05) is 6.07 Å². The van der Waals surface area contributed by atoms with Gasteiger partial charge >= 0.3 is 5.97 Å². The summed E-state index contributed by atoms with van der Waals surface area (Å²) in [5, 5.41) is 0. The molecule has 1 aliphatic carbocycles. The predicted octanol–water partition coefficient (Wildman–Crippen LogP) is 2.06. The molecule has 0 spiro atoms. The van der Waals surface area contributed by atoms with Crippen LogP contribution in [0.1, 0.15) is 30.1 Å². The summed E-state index contributed by atoms with van der Waals surface area (Å²) in [4.78, 5) is 16.0. The first kappa shape index (κ1) is 10.1. The lowest BCUT2D eigenvalue weighted by molar-refractivity contribution is -0.143. The van der Waals surface area contributed by atoms with E-state index >= 15 is 0 Å². The number of rotatable bonds is 3. The Morgan fingerprint density at radius 2 is 2.27 bits per heavy atom. The van der Waals surface area contributed by atoms with Crippen molar-refractivity contribution in [2.75, 3.05) is 7.11 Å². The number of aromatic nitrogens is 1. The van der Waals surface area contributed by atoms with Crippen molar-refractivity contribution in [1.82, 2.24) is 4.98 Å². The fourth-order valence-electron chi connectivity index (χ4n) is 1.85. The molecule has 0 aliphatic heterocycles. The minimum Gasteiger partial charge on any atom is -0.468 e. The zero-order chi connectivity index (χ0) is 10.8. The molecule has 15 heavy (non-hydrogen) atoms. The standard InChI is InChI=1S/C12H15NO2/c1-8-4-3-5-10(13-8)11(9-6-7-9)12(14)15-2/h3-5,9,11H,6-7H2,1-2H3. The number of hydrogen-bond acceptors (Lipinski definition) is 3. The second-order valence-electron chi connectivity index (χ2n) is 4.04. The normalized spacial score (nSPS) is 17.2. The Bertz CT molecular complexity index is 372. The fraction of sp³-hybridized carbons (Fsp3) is 0.500. The molecule has 2 rings (SSSR count). The third kappa shape index (κ3) is 2.17. The van der Waals surface area contributed by atoms with Crippen LogP contribution in [0.5, 0.6) is 0 Å². The SMILES string of the molecule is COC(=O)C(c1cccc(C)n1)C1CC1. The molecule has 1 heterocycles. The van der Waals surface area contributed by atoms with Crippen LogP contribution in [0.4, 0.5) is 0 Å². The number of nitrogens with zero attached hydrogens (tertiary/aromatic N) is 1. The van der Waals surface area contributed by atoms with Gasteiger partial charge < -0.3 is 4.74 Å². The molecule has 1 aromatic heterocycles. The van der Waals surface area contributed by atoms with Crippen molar-refractivity contribution in [3.63, 3.8) is 0 Å². The molecule has 1 atom stereocenters. The van der Waals surface area contributed by atoms with Crippen molar-refractivity contribution in [2.24, 2.45) is 5.92 Å². The summed E-state index contributed by atoms with van der Waals surface area (Å²) in [5.41, 5.74) is 1.80. The van der Waals surface area contributed by atoms with Gasteiger partial charge in [-0.25, -0.2) is 0 Å². The van der Waals surface area contributed by atoms with Gasteiger partial charge in [-0.2, -0.15) is 0 Å². The van der Waals surface area contributed by atoms with E-state index in [2.05, 4.69) is 4.98 Å². The Balaban J connectivity index is 2.27. The van der Waals surface area contributed by atoms with Crippen LogP contribution in [0.3, 0.4) is 0 Å². The Labute approximate surface area is 89.5 Å². The van der Waals surface area contributed by atoms with E-state index in [4.69, 9.17) is 4.74 Å². The molecule has 0 radical (unpaired) electrons. The van der Waals surface area contributed by atoms with Gasteiger partial charge in [0.25, 0.3) is 0 Å². The van der Waals surface area contributed by atoms with Crippen LogP contribution in [0.15, 0.2) is 18.2 Å². The number of pyridine rings is 1. The van der Waals surface area contributed by atoms with E-state index in [0.29, 0.717) is 5.92 Å². The van der Waals surface area contributed by atoms with Crippen LogP contribution < -0.4 is 0 Å². The maximum absolute atomic E-state index is 11.6. The zero-order valence-corrected chi connectivity index (χ0v) is 9.06. The lowest BCUT2D eigenvalue weighted by atomic mass is 9.99. The van der Waals surface area contributed by atoms with Crippen molar-refractivity contribution in [3.05, 3.63) is 29.6 Å². The van der Waals surface area contributed by atoms with Gasteiger partial charge in [0.2, 0.25) is 0 Å². The Morgan fingerprint density at radius 3 is 2.80 bits per heavy atom. The van der Waals surface area contributed by atoms with E-state index in [-0.39, 0.29) is 11.9 Å². The second kappa shape index (κ2) is 4.01. The molecule has 1 aromatic rings. The predicted molar refractivity (Wildman–Crippen MR) is 56.5 cm³/mol. The number of hydrogen-bond donors (Lipinski definition) is 0. The maximum atomic E-state index is 11.6. The van der Waals surface area contributed by atoms with Crippen LogP contribution in [0, 0.1) is 12.8 Å². The van der Waals surface area contributed by atoms with E-state index in [1.54, 1.807) is 0 Å². The number of esters is 1. The highest BCUT2D eigenvalue weighted by molar-refractivity contribution is 5.78. The van der Waals surface area contributed by atoms with Crippen molar-refractivity contribution >= 4 is 5.97 Å². The fourth-order valence-corrected chi connectivity index (χ4v) is 1.85. The molecular weight excluding hydrogens is 190 g/mol. The molecule has 80 valence electrons. The molecule has 0 aromatic carbocycles. The number of carbonyl (C=O) groups is 1. The van der Waals surface area contributed by atoms with Crippen molar-refractivity contribution < 1.29 is 9.53 Å². The largest absolute Gasteiger partial charge is 0.468 e. The zero-order valence-electron chi connectivity index (χ0n) is 9.06. The van der Waals surface area contributed by atoms with Crippen LogP contribution in [-0.2, 0) is 9.53 Å². The smallest absolute Gasteiger partial charge is 0.315 e. The molecule has 0 saturated heterocycles. The number of ether oxygens (including phenoxy) is 1. The monoisotopic (exact) mass is 205 g/mol. The van der Waals surface area contributed by atoms with E-state index < -0.39 is 0 Å². The average molecular weight is 205 g/mol. The molecule has 0 N–H and O–H groups in total. The molecule has 1 unspecified atom stereocenters. The summed E-state index contributed by atoms with van der Waals surface area (Å²) in [5.74, 6) is 0.122. The molecule has 3 nitrogen and oxygen atoms in total. The molecular formula is C12H15NO2. The van der Waals surface area contributed by atoms with Crippen LogP contribution >= 0.6 is 0 Å². The van der Waals surface area contributed by atoms with Gasteiger partial charge in [0.05, 0.1) is 12.8 Å². The summed E-state index contributed by atoms with van der Waals surface area (Å²) in [6.07, 6.45) is 2.21. The summed E-state index contributed by atoms with van der Waals surface area (Å²) >= 11 is 0. The van der Waals surface area contributed by atoms with Gasteiger partial charge in [-0.3, -0.25) is 9.78 Å². The van der Waals surface area contributed by atoms with Crippen molar-refractivity contribution in [2.45, 2.75) is 25.7 Å². The maximum Gasteiger partial charge on any atom is 0.315 e. The van der Waals surface area contributed by atoms with Gasteiger partial charge in [0.15, 0.2) is 0 Å². The third-order valence-corrected chi connectivity index (χ3v) is 2.78. The van der Waals surface area contributed by atoms with Crippen molar-refractivity contribution in [3.8, 4) is 0 Å². The average Bonchev–Trinajstić information content (AvgIpc) is 3.02. The Kier molecular flexibility index (Phi) is 2.71. The first-order chi connectivity index (χ1) is 7.22. The quantitative estimate of drug-likeness (QED) is 0.709. The molecule has 1 aliphatic rings. The van der Waals surface area contributed by atoms with Gasteiger partial charge in [0, 0.05) is 5.69 Å². The Hall–Kier alpha value is -1.38. The van der Waals surface area contributed by atoms with E-state index in [1.165, 1.54) is 7.11 Å². The number of methoxy groups -OCH3 is 1. The van der Waals surface area contributed by atoms with Crippen LogP contribution in [0.25, 0.3) is 0 Å². The summed E-state index contributed by atoms with van der Waals surface area (Å²) in [6.45, 7) is 1.94. The molecule has 0 amide bonds. The minimum absolute atomic E-state index is 0.157. The lowest BCUT2D eigenvalue weighted by Gasteiger charge is -2.13. The molecule has 3 heteroatoms. The number of carbonyl (C=O) groups excluding carboxylic acids is 1. The first-order valence-corrected chi connectivity index (χ1v) is 5.23. The van der Waals surface area contributed by atoms with Crippen LogP contribution in [0.2, 0.25) is 0 Å². The van der Waals surface area contributed by atoms with Crippen molar-refractivity contribution in [1.29, 1.82) is 0 Å². The number of aryl methyl sites for hydroxylation is 1. The van der Waals surface area contributed by atoms with Gasteiger partial charge in [0.1, 0.15) is 5.92 Å². The van der Waals surface area contributed by atoms with Gasteiger partial charge in [-0.15, -0.1) is 0 Å². The highest BCUT2D eigenvalue weighted by Crippen LogP contribution is 2.42. The minimum atomic E-state index is -0.158. The molecule has 1 saturated carbocycles. The molecule has 0 bridgehead atoms. The van der Waals surface area contributed by atoms with E-state index in [9.17, 15) is 4.79 Å². The third-order valence-electron chi connectivity index (χ3n) is 2.78. The van der Waals surface area contributed by atoms with E-state index in [1.807, 2.05) is 25.1 Å². The van der Waals surface area contributed by atoms with E-state index in [0.717, 1.165) is 24.2 Å². The summed E-state index contributed by atoms with van der Waals surface area (Å²) < 4.78 is 4.83. The summed E-state index contributed by atoms with van der Waals surface area (Å²) in [6, 6.07) is 5.79. The topological polar surface area (TPSA) is 39.2 Å². The Morgan fingerprint density at radius 1 is 1.53 bits per heavy atom. The lowest BCUT2D eigenvalue weighted by Crippen LogP contribution is -2.17. The highest BCUT2D eigenvalue weighted by Gasteiger charge is 2.38. The molecule has 1 fully saturated rings. The van der Waals surface area contributed by atoms with Gasteiger partial charge in [-0.05, 0) is 37.8 Å². The second-order valence-corrected chi connectivity index (χ2v) is 4.04. The summed E-state index contributed by atoms with van der Waals surface area (Å²) in [7, 11) is 1.44. The van der Waals surface area contributed by atoms with Crippen LogP contribution in [-0.4, -0.2) is 18.1 Å².